The number of hydrogen-bond donors (Lipinski definition) is 2. The van der Waals surface area contributed by atoms with Crippen LogP contribution in [0.4, 0.5) is 5.69 Å². The standard InChI is InChI=1S/C19H22ClN3O/c1-14-6-2-5-9-17(14)22-19(24)13-23-11-10-21-12-18(23)15-7-3-4-8-16(15)20/h2-9,18,21H,10-13H2,1H3,(H,22,24). The van der Waals surface area contributed by atoms with Gasteiger partial charge in [0.2, 0.25) is 5.91 Å². The van der Waals surface area contributed by atoms with Gasteiger partial charge in [-0.2, -0.15) is 0 Å². The quantitative estimate of drug-likeness (QED) is 0.895. The third-order valence-electron chi connectivity index (χ3n) is 4.38. The number of carbonyl (C=O) groups excluding carboxylic acids is 1. The summed E-state index contributed by atoms with van der Waals surface area (Å²) < 4.78 is 0. The van der Waals surface area contributed by atoms with E-state index in [9.17, 15) is 4.79 Å². The normalized spacial score (nSPS) is 18.3. The van der Waals surface area contributed by atoms with Gasteiger partial charge in [0.25, 0.3) is 0 Å². The first-order valence-corrected chi connectivity index (χ1v) is 8.57. The number of carbonyl (C=O) groups is 1. The number of piperazine rings is 1. The minimum Gasteiger partial charge on any atom is -0.325 e. The van der Waals surface area contributed by atoms with Gasteiger partial charge >= 0.3 is 0 Å². The van der Waals surface area contributed by atoms with E-state index in [4.69, 9.17) is 11.6 Å². The summed E-state index contributed by atoms with van der Waals surface area (Å²) in [5, 5.41) is 7.15. The number of para-hydroxylation sites is 1. The van der Waals surface area contributed by atoms with Crippen LogP contribution in [0.15, 0.2) is 48.5 Å². The molecule has 0 aromatic heterocycles. The summed E-state index contributed by atoms with van der Waals surface area (Å²) in [6.45, 7) is 4.83. The molecule has 4 nitrogen and oxygen atoms in total. The van der Waals surface area contributed by atoms with Crippen molar-refractivity contribution >= 4 is 23.2 Å². The lowest BCUT2D eigenvalue weighted by molar-refractivity contribution is -0.118. The maximum atomic E-state index is 12.5. The van der Waals surface area contributed by atoms with E-state index in [-0.39, 0.29) is 11.9 Å². The number of nitrogens with one attached hydrogen (secondary N) is 2. The predicted molar refractivity (Wildman–Crippen MR) is 98.4 cm³/mol. The van der Waals surface area contributed by atoms with Crippen LogP contribution in [0.1, 0.15) is 17.2 Å². The van der Waals surface area contributed by atoms with E-state index < -0.39 is 0 Å². The maximum absolute atomic E-state index is 12.5. The number of nitrogens with zero attached hydrogens (tertiary/aromatic N) is 1. The first-order valence-electron chi connectivity index (χ1n) is 8.20. The van der Waals surface area contributed by atoms with Crippen LogP contribution in [0.3, 0.4) is 0 Å². The molecular formula is C19H22ClN3O. The highest BCUT2D eigenvalue weighted by atomic mass is 35.5. The highest BCUT2D eigenvalue weighted by Gasteiger charge is 2.26. The van der Waals surface area contributed by atoms with Crippen LogP contribution in [-0.4, -0.2) is 37.0 Å². The van der Waals surface area contributed by atoms with Gasteiger partial charge in [-0.3, -0.25) is 9.69 Å². The van der Waals surface area contributed by atoms with Crippen LogP contribution in [0, 0.1) is 6.92 Å². The minimum atomic E-state index is 0.00301. The van der Waals surface area contributed by atoms with Gasteiger partial charge in [-0.25, -0.2) is 0 Å². The molecule has 1 heterocycles. The molecule has 0 radical (unpaired) electrons. The van der Waals surface area contributed by atoms with E-state index in [1.807, 2.05) is 55.5 Å². The molecule has 1 aliphatic rings. The number of amides is 1. The van der Waals surface area contributed by atoms with Gasteiger partial charge in [-0.15, -0.1) is 0 Å². The largest absolute Gasteiger partial charge is 0.325 e. The van der Waals surface area contributed by atoms with Gasteiger partial charge in [0.15, 0.2) is 0 Å². The van der Waals surface area contributed by atoms with Gasteiger partial charge in [0, 0.05) is 36.4 Å². The van der Waals surface area contributed by atoms with Crippen molar-refractivity contribution in [1.29, 1.82) is 0 Å². The van der Waals surface area contributed by atoms with Gasteiger partial charge in [0.05, 0.1) is 6.54 Å². The minimum absolute atomic E-state index is 0.00301. The number of aryl methyl sites for hydroxylation is 1. The fourth-order valence-electron chi connectivity index (χ4n) is 3.07. The average molecular weight is 344 g/mol. The van der Waals surface area contributed by atoms with Crippen LogP contribution >= 0.6 is 11.6 Å². The van der Waals surface area contributed by atoms with Gasteiger partial charge in [0.1, 0.15) is 0 Å². The van der Waals surface area contributed by atoms with Crippen molar-refractivity contribution in [2.45, 2.75) is 13.0 Å². The van der Waals surface area contributed by atoms with Crippen molar-refractivity contribution in [1.82, 2.24) is 10.2 Å². The van der Waals surface area contributed by atoms with E-state index in [0.29, 0.717) is 6.54 Å². The van der Waals surface area contributed by atoms with Gasteiger partial charge < -0.3 is 10.6 Å². The molecule has 0 bridgehead atoms. The molecule has 1 saturated heterocycles. The van der Waals surface area contributed by atoms with E-state index in [1.165, 1.54) is 0 Å². The molecule has 0 saturated carbocycles. The second-order valence-corrected chi connectivity index (χ2v) is 6.48. The molecule has 5 heteroatoms. The van der Waals surface area contributed by atoms with Crippen LogP contribution in [0.2, 0.25) is 5.02 Å². The van der Waals surface area contributed by atoms with Crippen LogP contribution < -0.4 is 10.6 Å². The highest BCUT2D eigenvalue weighted by molar-refractivity contribution is 6.31. The average Bonchev–Trinajstić information content (AvgIpc) is 2.58. The number of halogens is 1. The monoisotopic (exact) mass is 343 g/mol. The molecule has 2 aromatic rings. The first kappa shape index (κ1) is 17.0. The summed E-state index contributed by atoms with van der Waals surface area (Å²) in [6, 6.07) is 15.8. The van der Waals surface area contributed by atoms with Crippen molar-refractivity contribution in [3.05, 3.63) is 64.7 Å². The molecule has 2 aromatic carbocycles. The number of hydrogen-bond acceptors (Lipinski definition) is 3. The van der Waals surface area contributed by atoms with E-state index in [1.54, 1.807) is 0 Å². The lowest BCUT2D eigenvalue weighted by atomic mass is 10.0. The zero-order valence-corrected chi connectivity index (χ0v) is 14.5. The van der Waals surface area contributed by atoms with Crippen molar-refractivity contribution in [3.63, 3.8) is 0 Å². The van der Waals surface area contributed by atoms with Crippen LogP contribution in [0.25, 0.3) is 0 Å². The third kappa shape index (κ3) is 3.96. The lowest BCUT2D eigenvalue weighted by Gasteiger charge is -2.36. The Kier molecular flexibility index (Phi) is 5.51. The second kappa shape index (κ2) is 7.79. The highest BCUT2D eigenvalue weighted by Crippen LogP contribution is 2.28. The van der Waals surface area contributed by atoms with Crippen molar-refractivity contribution in [2.24, 2.45) is 0 Å². The molecule has 1 unspecified atom stereocenters. The molecule has 0 aliphatic carbocycles. The van der Waals surface area contributed by atoms with Crippen molar-refractivity contribution in [3.8, 4) is 0 Å². The van der Waals surface area contributed by atoms with Crippen molar-refractivity contribution < 1.29 is 4.79 Å². The molecular weight excluding hydrogens is 322 g/mol. The van der Waals surface area contributed by atoms with Crippen molar-refractivity contribution in [2.75, 3.05) is 31.5 Å². The Hall–Kier alpha value is -1.88. The molecule has 1 amide bonds. The van der Waals surface area contributed by atoms with Gasteiger partial charge in [-0.05, 0) is 30.2 Å². The van der Waals surface area contributed by atoms with E-state index in [2.05, 4.69) is 15.5 Å². The zero-order chi connectivity index (χ0) is 16.9. The molecule has 1 aliphatic heterocycles. The number of anilines is 1. The third-order valence-corrected chi connectivity index (χ3v) is 4.73. The Morgan fingerprint density at radius 3 is 2.79 bits per heavy atom. The predicted octanol–water partition coefficient (Wildman–Crippen LogP) is 3.23. The van der Waals surface area contributed by atoms with E-state index >= 15 is 0 Å². The molecule has 126 valence electrons. The smallest absolute Gasteiger partial charge is 0.238 e. The molecule has 24 heavy (non-hydrogen) atoms. The molecule has 3 rings (SSSR count). The molecule has 1 fully saturated rings. The Balaban J connectivity index is 1.71. The maximum Gasteiger partial charge on any atom is 0.238 e. The summed E-state index contributed by atoms with van der Waals surface area (Å²) in [7, 11) is 0. The fourth-order valence-corrected chi connectivity index (χ4v) is 3.34. The molecule has 2 N–H and O–H groups in total. The topological polar surface area (TPSA) is 44.4 Å². The van der Waals surface area contributed by atoms with Gasteiger partial charge in [-0.1, -0.05) is 48.0 Å². The number of rotatable bonds is 4. The first-order chi connectivity index (χ1) is 11.6. The van der Waals surface area contributed by atoms with Crippen LogP contribution in [-0.2, 0) is 4.79 Å². The Morgan fingerprint density at radius 1 is 1.25 bits per heavy atom. The van der Waals surface area contributed by atoms with Crippen LogP contribution in [0.5, 0.6) is 0 Å². The lowest BCUT2D eigenvalue weighted by Crippen LogP contribution is -2.48. The summed E-state index contributed by atoms with van der Waals surface area (Å²) in [4.78, 5) is 14.7. The summed E-state index contributed by atoms with van der Waals surface area (Å²) in [5.74, 6) is 0.00301. The SMILES string of the molecule is Cc1ccccc1NC(=O)CN1CCNCC1c1ccccc1Cl. The second-order valence-electron chi connectivity index (χ2n) is 6.08. The summed E-state index contributed by atoms with van der Waals surface area (Å²) in [5.41, 5.74) is 3.00. The summed E-state index contributed by atoms with van der Waals surface area (Å²) in [6.07, 6.45) is 0. The fraction of sp³-hybridized carbons (Fsp3) is 0.316. The Bertz CT molecular complexity index is 719. The number of benzene rings is 2. The molecule has 0 spiro atoms. The Morgan fingerprint density at radius 2 is 2.00 bits per heavy atom. The summed E-state index contributed by atoms with van der Waals surface area (Å²) >= 11 is 6.35. The molecule has 1 atom stereocenters. The Labute approximate surface area is 147 Å². The van der Waals surface area contributed by atoms with E-state index in [0.717, 1.165) is 41.5 Å². The zero-order valence-electron chi connectivity index (χ0n) is 13.8.